The van der Waals surface area contributed by atoms with E-state index in [4.69, 9.17) is 0 Å². The molecule has 1 rings (SSSR count). The molecule has 0 nitrogen and oxygen atoms in total. The molecule has 0 N–H and O–H groups in total. The molecule has 0 aliphatic heterocycles. The van der Waals surface area contributed by atoms with Crippen LogP contribution in [0.15, 0.2) is 36.8 Å². The van der Waals surface area contributed by atoms with Crippen molar-refractivity contribution in [2.75, 3.05) is 0 Å². The molecule has 0 aromatic heterocycles. The van der Waals surface area contributed by atoms with E-state index in [0.29, 0.717) is 0 Å². The first kappa shape index (κ1) is 9.13. The molecular formula is C12H16. The summed E-state index contributed by atoms with van der Waals surface area (Å²) in [7, 11) is 0. The van der Waals surface area contributed by atoms with Crippen LogP contribution < -0.4 is 0 Å². The van der Waals surface area contributed by atoms with E-state index in [1.54, 1.807) is 0 Å². The van der Waals surface area contributed by atoms with Gasteiger partial charge in [-0.3, -0.25) is 0 Å². The molecule has 1 saturated carbocycles. The second-order valence-corrected chi connectivity index (χ2v) is 3.49. The third-order valence-electron chi connectivity index (χ3n) is 2.56. The summed E-state index contributed by atoms with van der Waals surface area (Å²) in [5, 5.41) is 0. The summed E-state index contributed by atoms with van der Waals surface area (Å²) in [5.74, 6) is 0. The van der Waals surface area contributed by atoms with Gasteiger partial charge < -0.3 is 0 Å². The summed E-state index contributed by atoms with van der Waals surface area (Å²) >= 11 is 0. The molecule has 0 spiro atoms. The van der Waals surface area contributed by atoms with Crippen LogP contribution in [0.5, 0.6) is 0 Å². The molecule has 12 heavy (non-hydrogen) atoms. The van der Waals surface area contributed by atoms with E-state index in [1.165, 1.54) is 32.1 Å². The molecule has 0 bridgehead atoms. The average molecular weight is 160 g/mol. The van der Waals surface area contributed by atoms with Gasteiger partial charge in [-0.15, -0.1) is 11.5 Å². The summed E-state index contributed by atoms with van der Waals surface area (Å²) in [6.45, 7) is 7.27. The van der Waals surface area contributed by atoms with Crippen LogP contribution in [0.1, 0.15) is 32.1 Å². The standard InChI is InChI=1S/C12H16/c1-3-8-12(9-4-2)10-6-5-7-11-12/h8-9H,1-2,5-7,10-11H2. The van der Waals surface area contributed by atoms with Crippen molar-refractivity contribution >= 4 is 0 Å². The second kappa shape index (κ2) is 4.16. The van der Waals surface area contributed by atoms with Crippen molar-refractivity contribution in [2.45, 2.75) is 32.1 Å². The maximum absolute atomic E-state index is 3.63. The molecule has 64 valence electrons. The van der Waals surface area contributed by atoms with Crippen LogP contribution in [0.3, 0.4) is 0 Å². The molecule has 0 heteroatoms. The lowest BCUT2D eigenvalue weighted by molar-refractivity contribution is 0.327. The van der Waals surface area contributed by atoms with Crippen molar-refractivity contribution in [3.63, 3.8) is 0 Å². The van der Waals surface area contributed by atoms with E-state index in [2.05, 4.69) is 36.8 Å². The lowest BCUT2D eigenvalue weighted by Gasteiger charge is -2.29. The lowest BCUT2D eigenvalue weighted by atomic mass is 9.74. The Bertz CT molecular complexity index is 209. The molecule has 1 fully saturated rings. The van der Waals surface area contributed by atoms with Gasteiger partial charge in [0.05, 0.1) is 0 Å². The van der Waals surface area contributed by atoms with E-state index >= 15 is 0 Å². The quantitative estimate of drug-likeness (QED) is 0.541. The van der Waals surface area contributed by atoms with Crippen molar-refractivity contribution in [3.05, 3.63) is 36.8 Å². The summed E-state index contributed by atoms with van der Waals surface area (Å²) in [6, 6.07) is 0. The minimum Gasteiger partial charge on any atom is -0.132 e. The maximum atomic E-state index is 3.63. The highest BCUT2D eigenvalue weighted by Crippen LogP contribution is 2.38. The zero-order valence-corrected chi connectivity index (χ0v) is 7.60. The molecule has 0 radical (unpaired) electrons. The van der Waals surface area contributed by atoms with Crippen LogP contribution in [0.2, 0.25) is 0 Å². The first-order valence-electron chi connectivity index (χ1n) is 4.57. The fourth-order valence-electron chi connectivity index (χ4n) is 1.95. The summed E-state index contributed by atoms with van der Waals surface area (Å²) < 4.78 is 0. The summed E-state index contributed by atoms with van der Waals surface area (Å²) in [4.78, 5) is 0. The maximum Gasteiger partial charge on any atom is 0.0211 e. The first-order valence-corrected chi connectivity index (χ1v) is 4.57. The predicted octanol–water partition coefficient (Wildman–Crippen LogP) is 3.62. The van der Waals surface area contributed by atoms with E-state index < -0.39 is 0 Å². The minimum absolute atomic E-state index is 0.182. The van der Waals surface area contributed by atoms with Gasteiger partial charge >= 0.3 is 0 Å². The Kier molecular flexibility index (Phi) is 3.17. The number of allylic oxidation sites excluding steroid dienone is 2. The van der Waals surface area contributed by atoms with Gasteiger partial charge in [0.25, 0.3) is 0 Å². The molecule has 0 aromatic rings. The average Bonchev–Trinajstić information content (AvgIpc) is 2.07. The SMILES string of the molecule is C=C=CC1(C=C=C)CCCCC1. The Hall–Kier alpha value is -0.960. The van der Waals surface area contributed by atoms with Gasteiger partial charge in [-0.2, -0.15) is 0 Å². The van der Waals surface area contributed by atoms with Crippen molar-refractivity contribution in [2.24, 2.45) is 5.41 Å². The monoisotopic (exact) mass is 160 g/mol. The number of rotatable bonds is 2. The van der Waals surface area contributed by atoms with E-state index in [0.717, 1.165) is 0 Å². The van der Waals surface area contributed by atoms with Crippen LogP contribution >= 0.6 is 0 Å². The zero-order valence-electron chi connectivity index (χ0n) is 7.60. The molecule has 0 heterocycles. The Labute approximate surface area is 75.0 Å². The fourth-order valence-corrected chi connectivity index (χ4v) is 1.95. The highest BCUT2D eigenvalue weighted by molar-refractivity contribution is 5.10. The Balaban J connectivity index is 2.82. The lowest BCUT2D eigenvalue weighted by Crippen LogP contribution is -2.18. The summed E-state index contributed by atoms with van der Waals surface area (Å²) in [6.07, 6.45) is 10.5. The minimum atomic E-state index is 0.182. The highest BCUT2D eigenvalue weighted by atomic mass is 14.3. The molecule has 0 saturated heterocycles. The molecule has 0 amide bonds. The van der Waals surface area contributed by atoms with Crippen molar-refractivity contribution in [1.29, 1.82) is 0 Å². The predicted molar refractivity (Wildman–Crippen MR) is 52.9 cm³/mol. The van der Waals surface area contributed by atoms with E-state index in [1.807, 2.05) is 0 Å². The number of hydrogen-bond donors (Lipinski definition) is 0. The van der Waals surface area contributed by atoms with Crippen LogP contribution in [-0.4, -0.2) is 0 Å². The van der Waals surface area contributed by atoms with Gasteiger partial charge in [-0.05, 0) is 25.0 Å². The van der Waals surface area contributed by atoms with Gasteiger partial charge in [0, 0.05) is 5.41 Å². The molecule has 1 aliphatic carbocycles. The molecule has 0 aromatic carbocycles. The van der Waals surface area contributed by atoms with Crippen LogP contribution in [-0.2, 0) is 0 Å². The molecule has 0 unspecified atom stereocenters. The van der Waals surface area contributed by atoms with Crippen molar-refractivity contribution in [1.82, 2.24) is 0 Å². The van der Waals surface area contributed by atoms with Gasteiger partial charge in [0.2, 0.25) is 0 Å². The van der Waals surface area contributed by atoms with Crippen molar-refractivity contribution < 1.29 is 0 Å². The molecule has 1 aliphatic rings. The molecular weight excluding hydrogens is 144 g/mol. The third kappa shape index (κ3) is 2.01. The van der Waals surface area contributed by atoms with Gasteiger partial charge in [-0.1, -0.05) is 32.4 Å². The van der Waals surface area contributed by atoms with Crippen LogP contribution in [0.25, 0.3) is 0 Å². The smallest absolute Gasteiger partial charge is 0.0211 e. The third-order valence-corrected chi connectivity index (χ3v) is 2.56. The van der Waals surface area contributed by atoms with E-state index in [9.17, 15) is 0 Å². The Morgan fingerprint density at radius 1 is 0.917 bits per heavy atom. The van der Waals surface area contributed by atoms with Gasteiger partial charge in [0.15, 0.2) is 0 Å². The van der Waals surface area contributed by atoms with Gasteiger partial charge in [0.1, 0.15) is 0 Å². The normalized spacial score (nSPS) is 20.3. The first-order chi connectivity index (χ1) is 5.83. The van der Waals surface area contributed by atoms with E-state index in [-0.39, 0.29) is 5.41 Å². The Morgan fingerprint density at radius 3 is 1.83 bits per heavy atom. The van der Waals surface area contributed by atoms with Crippen molar-refractivity contribution in [3.8, 4) is 0 Å². The van der Waals surface area contributed by atoms with Crippen LogP contribution in [0.4, 0.5) is 0 Å². The van der Waals surface area contributed by atoms with Gasteiger partial charge in [-0.25, -0.2) is 0 Å². The largest absolute Gasteiger partial charge is 0.132 e. The summed E-state index contributed by atoms with van der Waals surface area (Å²) in [5.41, 5.74) is 5.96. The van der Waals surface area contributed by atoms with Crippen LogP contribution in [0, 0.1) is 5.41 Å². The highest BCUT2D eigenvalue weighted by Gasteiger charge is 2.26. The topological polar surface area (TPSA) is 0 Å². The fraction of sp³-hybridized carbons (Fsp3) is 0.500. The Morgan fingerprint density at radius 2 is 1.42 bits per heavy atom. The second-order valence-electron chi connectivity index (χ2n) is 3.49. The zero-order chi connectivity index (χ0) is 8.86. The number of hydrogen-bond acceptors (Lipinski definition) is 0. The molecule has 0 atom stereocenters.